The number of aliphatic imine (C=N–C) groups is 2. The molecular weight excluding hydrogens is 564 g/mol. The largest absolute Gasteiger partial charge is 0.399 e. The van der Waals surface area contributed by atoms with Gasteiger partial charge in [-0.3, -0.25) is 14.8 Å². The van der Waals surface area contributed by atoms with E-state index in [0.717, 1.165) is 41.2 Å². The van der Waals surface area contributed by atoms with Crippen LogP contribution in [0.2, 0.25) is 5.02 Å². The van der Waals surface area contributed by atoms with Crippen molar-refractivity contribution in [3.63, 3.8) is 0 Å². The third-order valence-electron chi connectivity index (χ3n) is 6.74. The number of hydrogen-bond donors (Lipinski definition) is 5. The van der Waals surface area contributed by atoms with E-state index in [-0.39, 0.29) is 16.9 Å². The number of pyridine rings is 1. The first-order valence-electron chi connectivity index (χ1n) is 12.6. The van der Waals surface area contributed by atoms with Crippen molar-refractivity contribution < 1.29 is 4.79 Å². The van der Waals surface area contributed by atoms with E-state index >= 15 is 0 Å². The lowest BCUT2D eigenvalue weighted by Crippen LogP contribution is -2.28. The minimum Gasteiger partial charge on any atom is -0.399 e. The molecule has 1 aromatic heterocycles. The summed E-state index contributed by atoms with van der Waals surface area (Å²) in [6.07, 6.45) is 3.27. The first-order chi connectivity index (χ1) is 19.0. The molecule has 2 aromatic carbocycles. The molecule has 0 spiro atoms. The lowest BCUT2D eigenvalue weighted by Gasteiger charge is -2.30. The van der Waals surface area contributed by atoms with Gasteiger partial charge in [0.1, 0.15) is 0 Å². The van der Waals surface area contributed by atoms with Crippen LogP contribution in [0.1, 0.15) is 48.3 Å². The average Bonchev–Trinajstić information content (AvgIpc) is 2.89. The number of nitrogens with zero attached hydrogens (tertiary/aromatic N) is 3. The Labute approximate surface area is 247 Å². The lowest BCUT2D eigenvalue weighted by molar-refractivity contribution is 0.102. The molecular formula is C28H33ClN8OS2. The molecule has 210 valence electrons. The topological polar surface area (TPSA) is 171 Å². The highest BCUT2D eigenvalue weighted by molar-refractivity contribution is 8.14. The number of amides is 1. The second kappa shape index (κ2) is 12.4. The summed E-state index contributed by atoms with van der Waals surface area (Å²) in [6.45, 7) is 4.15. The highest BCUT2D eigenvalue weighted by Gasteiger charge is 2.30. The van der Waals surface area contributed by atoms with Crippen LogP contribution in [-0.4, -0.2) is 32.7 Å². The van der Waals surface area contributed by atoms with Crippen molar-refractivity contribution in [1.29, 1.82) is 0 Å². The van der Waals surface area contributed by atoms with Gasteiger partial charge in [0.15, 0.2) is 16.0 Å². The molecule has 2 aliphatic rings. The van der Waals surface area contributed by atoms with E-state index in [1.165, 1.54) is 12.3 Å². The Morgan fingerprint density at radius 3 is 2.00 bits per heavy atom. The van der Waals surface area contributed by atoms with Gasteiger partial charge in [-0.15, -0.1) is 0 Å². The van der Waals surface area contributed by atoms with Gasteiger partial charge in [-0.2, -0.15) is 0 Å². The van der Waals surface area contributed by atoms with Gasteiger partial charge < -0.3 is 28.3 Å². The second-order valence-electron chi connectivity index (χ2n) is 9.90. The minimum atomic E-state index is -0.395. The highest BCUT2D eigenvalue weighted by Crippen LogP contribution is 2.36. The Morgan fingerprint density at radius 2 is 1.45 bits per heavy atom. The first-order valence-corrected chi connectivity index (χ1v) is 15.0. The fourth-order valence-electron chi connectivity index (χ4n) is 4.43. The zero-order valence-corrected chi connectivity index (χ0v) is 24.7. The van der Waals surface area contributed by atoms with E-state index in [9.17, 15) is 4.79 Å². The number of rotatable bonds is 4. The van der Waals surface area contributed by atoms with Crippen molar-refractivity contribution in [2.75, 3.05) is 28.3 Å². The molecule has 9 nitrogen and oxygen atoms in total. The summed E-state index contributed by atoms with van der Waals surface area (Å²) in [4.78, 5) is 25.5. The number of carbonyl (C=O) groups excluding carboxylic acids is 1. The summed E-state index contributed by atoms with van der Waals surface area (Å²) >= 11 is 8.99. The van der Waals surface area contributed by atoms with E-state index in [4.69, 9.17) is 34.5 Å². The Bertz CT molecular complexity index is 1470. The van der Waals surface area contributed by atoms with Crippen LogP contribution in [0, 0.1) is 0 Å². The van der Waals surface area contributed by atoms with Crippen LogP contribution in [0.4, 0.5) is 17.1 Å². The zero-order chi connectivity index (χ0) is 28.9. The molecule has 0 saturated heterocycles. The summed E-state index contributed by atoms with van der Waals surface area (Å²) in [5.74, 6) is 1.53. The number of nitrogen functional groups attached to an aromatic ring is 2. The van der Waals surface area contributed by atoms with E-state index in [1.807, 2.05) is 49.4 Å². The van der Waals surface area contributed by atoms with Crippen molar-refractivity contribution in [3.8, 4) is 0 Å². The molecule has 0 unspecified atom stereocenters. The van der Waals surface area contributed by atoms with Crippen molar-refractivity contribution in [3.05, 3.63) is 82.6 Å². The molecule has 0 aliphatic carbocycles. The zero-order valence-electron chi connectivity index (χ0n) is 22.4. The monoisotopic (exact) mass is 596 g/mol. The number of hydrogen-bond acceptors (Lipinski definition) is 10. The summed E-state index contributed by atoms with van der Waals surface area (Å²) in [7, 11) is 0. The maximum absolute atomic E-state index is 12.4. The maximum atomic E-state index is 12.4. The highest BCUT2D eigenvalue weighted by atomic mass is 35.5. The minimum absolute atomic E-state index is 0.136. The number of carbonyl (C=O) groups is 1. The molecule has 9 N–H and O–H groups in total. The summed E-state index contributed by atoms with van der Waals surface area (Å²) in [6, 6.07) is 17.0. The van der Waals surface area contributed by atoms with Crippen LogP contribution >= 0.6 is 35.1 Å². The third-order valence-corrected chi connectivity index (χ3v) is 8.54. The molecule has 1 amide bonds. The molecule has 2 atom stereocenters. The fourth-order valence-corrected chi connectivity index (χ4v) is 6.55. The number of nitrogens with two attached hydrogens (primary N) is 4. The fraction of sp³-hybridized carbons (Fsp3) is 0.286. The lowest BCUT2D eigenvalue weighted by atomic mass is 9.89. The number of halogens is 1. The molecule has 0 radical (unpaired) electrons. The quantitative estimate of drug-likeness (QED) is 0.257. The average molecular weight is 597 g/mol. The number of anilines is 3. The molecule has 40 heavy (non-hydrogen) atoms. The molecule has 3 aromatic rings. The van der Waals surface area contributed by atoms with E-state index in [2.05, 4.69) is 33.3 Å². The number of benzene rings is 2. The summed E-state index contributed by atoms with van der Waals surface area (Å²) in [5, 5.41) is 4.46. The van der Waals surface area contributed by atoms with Crippen molar-refractivity contribution >= 4 is 68.4 Å². The normalized spacial score (nSPS) is 22.3. The predicted molar refractivity (Wildman–Crippen MR) is 171 cm³/mol. The molecule has 5 rings (SSSR count). The van der Waals surface area contributed by atoms with Crippen molar-refractivity contribution in [1.82, 2.24) is 4.98 Å². The van der Waals surface area contributed by atoms with Gasteiger partial charge in [0, 0.05) is 29.1 Å². The Hall–Kier alpha value is -3.41. The van der Waals surface area contributed by atoms with E-state index < -0.39 is 11.4 Å². The first kappa shape index (κ1) is 29.6. The van der Waals surface area contributed by atoms with Gasteiger partial charge in [0.05, 0.1) is 21.8 Å². The van der Waals surface area contributed by atoms with Crippen LogP contribution in [-0.2, 0) is 11.1 Å². The summed E-state index contributed by atoms with van der Waals surface area (Å²) < 4.78 is 0. The van der Waals surface area contributed by atoms with Crippen LogP contribution < -0.4 is 28.3 Å². The van der Waals surface area contributed by atoms with Crippen molar-refractivity contribution in [2.24, 2.45) is 21.5 Å². The molecule has 3 heterocycles. The van der Waals surface area contributed by atoms with E-state index in [0.29, 0.717) is 21.0 Å². The van der Waals surface area contributed by atoms with Gasteiger partial charge >= 0.3 is 0 Å². The van der Waals surface area contributed by atoms with Gasteiger partial charge in [0.25, 0.3) is 5.91 Å². The Kier molecular flexibility index (Phi) is 9.17. The van der Waals surface area contributed by atoms with E-state index in [1.54, 1.807) is 23.5 Å². The number of amidine groups is 2. The van der Waals surface area contributed by atoms with Gasteiger partial charge in [-0.05, 0) is 68.1 Å². The Morgan fingerprint density at radius 1 is 0.875 bits per heavy atom. The van der Waals surface area contributed by atoms with Crippen LogP contribution in [0.3, 0.4) is 0 Å². The standard InChI is InChI=1S/C17H18ClN5OS.C11H15N3S/c1-17(5-6-25-16(20)23-17)10-3-2-4-12(7-10)22-15(24)14-13(19)8-11(18)9-21-14;1-11(5-6-15-10(13)14-11)8-3-2-4-9(12)7-8/h2-4,7-9H,5-6,19H2,1H3,(H2,20,23)(H,22,24);2-4,7H,5-6,12H2,1H3,(H2,13,14)/t17-;11-/m00/s1. The third kappa shape index (κ3) is 7.21. The van der Waals surface area contributed by atoms with Crippen LogP contribution in [0.5, 0.6) is 0 Å². The molecule has 0 fully saturated rings. The predicted octanol–water partition coefficient (Wildman–Crippen LogP) is 5.17. The van der Waals surface area contributed by atoms with Gasteiger partial charge in [-0.25, -0.2) is 4.98 Å². The smallest absolute Gasteiger partial charge is 0.276 e. The second-order valence-corrected chi connectivity index (χ2v) is 12.6. The van der Waals surface area contributed by atoms with Gasteiger partial charge in [-0.1, -0.05) is 59.4 Å². The molecule has 12 heteroatoms. The number of thioether (sulfide) groups is 2. The molecule has 0 saturated carbocycles. The van der Waals surface area contributed by atoms with Crippen LogP contribution in [0.25, 0.3) is 0 Å². The summed E-state index contributed by atoms with van der Waals surface area (Å²) in [5.41, 5.74) is 26.6. The maximum Gasteiger partial charge on any atom is 0.276 e. The molecule has 2 aliphatic heterocycles. The molecule has 0 bridgehead atoms. The van der Waals surface area contributed by atoms with Gasteiger partial charge in [0.2, 0.25) is 0 Å². The Balaban J connectivity index is 0.000000210. The number of nitrogens with one attached hydrogen (secondary N) is 1. The van der Waals surface area contributed by atoms with Crippen LogP contribution in [0.15, 0.2) is 70.8 Å². The SMILES string of the molecule is C[C@@]1(c2cccc(N)c2)CCSC(N)=N1.C[C@@]1(c2cccc(NC(=O)c3ncc(Cl)cc3N)c2)CCSC(N)=N1. The number of aromatic nitrogens is 1. The van der Waals surface area contributed by atoms with Crippen molar-refractivity contribution in [2.45, 2.75) is 37.8 Å².